The minimum Gasteiger partial charge on any atom is -0.487 e. The number of ether oxygens (including phenoxy) is 3. The normalized spacial score (nSPS) is 12.7. The van der Waals surface area contributed by atoms with Crippen LogP contribution in [0.3, 0.4) is 0 Å². The van der Waals surface area contributed by atoms with Gasteiger partial charge in [0, 0.05) is 18.2 Å². The van der Waals surface area contributed by atoms with Gasteiger partial charge in [-0.15, -0.1) is 0 Å². The Bertz CT molecular complexity index is 612. The fraction of sp³-hybridized carbons (Fsp3) is 0.385. The third-order valence-corrected chi connectivity index (χ3v) is 3.03. The molecule has 1 aliphatic heterocycles. The van der Waals surface area contributed by atoms with Gasteiger partial charge >= 0.3 is 0 Å². The highest BCUT2D eigenvalue weighted by Crippen LogP contribution is 2.38. The summed E-state index contributed by atoms with van der Waals surface area (Å²) in [6, 6.07) is 3.75. The van der Waals surface area contributed by atoms with Crippen molar-refractivity contribution in [2.75, 3.05) is 13.8 Å². The largest absolute Gasteiger partial charge is 0.487 e. The second-order valence-corrected chi connectivity index (χ2v) is 4.43. The first-order valence-corrected chi connectivity index (χ1v) is 6.26. The Morgan fingerprint density at radius 3 is 2.75 bits per heavy atom. The number of rotatable bonds is 5. The van der Waals surface area contributed by atoms with Crippen molar-refractivity contribution in [3.8, 4) is 17.2 Å². The Hall–Kier alpha value is -2.28. The van der Waals surface area contributed by atoms with E-state index < -0.39 is 0 Å². The summed E-state index contributed by atoms with van der Waals surface area (Å²) >= 11 is 0. The number of nitrogens with one attached hydrogen (secondary N) is 1. The summed E-state index contributed by atoms with van der Waals surface area (Å²) in [6.45, 7) is 3.03. The van der Waals surface area contributed by atoms with Crippen LogP contribution in [-0.2, 0) is 13.2 Å². The lowest BCUT2D eigenvalue weighted by Crippen LogP contribution is -2.08. The van der Waals surface area contributed by atoms with Gasteiger partial charge in [0.05, 0.1) is 0 Å². The maximum Gasteiger partial charge on any atom is 0.231 e. The van der Waals surface area contributed by atoms with Crippen molar-refractivity contribution in [3.05, 3.63) is 29.1 Å². The van der Waals surface area contributed by atoms with Crippen LogP contribution < -0.4 is 19.5 Å². The van der Waals surface area contributed by atoms with E-state index in [1.54, 1.807) is 0 Å². The van der Waals surface area contributed by atoms with Gasteiger partial charge in [-0.3, -0.25) is 0 Å². The standard InChI is InChI=1S/C13H15N3O4/c1-8-10(16-20-15-8)6-17-11-4-13-12(18-7-19-13)3-9(11)5-14-2/h3-4,14H,5-7H2,1-2H3. The van der Waals surface area contributed by atoms with E-state index in [1.807, 2.05) is 26.1 Å². The lowest BCUT2D eigenvalue weighted by atomic mass is 10.1. The number of benzene rings is 1. The van der Waals surface area contributed by atoms with Crippen molar-refractivity contribution < 1.29 is 18.8 Å². The Morgan fingerprint density at radius 2 is 2.05 bits per heavy atom. The first-order valence-electron chi connectivity index (χ1n) is 6.26. The minimum absolute atomic E-state index is 0.240. The Balaban J connectivity index is 1.82. The zero-order valence-corrected chi connectivity index (χ0v) is 11.3. The van der Waals surface area contributed by atoms with E-state index in [0.717, 1.165) is 22.8 Å². The van der Waals surface area contributed by atoms with E-state index in [4.69, 9.17) is 14.2 Å². The van der Waals surface area contributed by atoms with Crippen LogP contribution in [0.25, 0.3) is 0 Å². The number of aryl methyl sites for hydroxylation is 1. The molecule has 1 aromatic carbocycles. The molecule has 0 aliphatic carbocycles. The molecule has 2 heterocycles. The fourth-order valence-electron chi connectivity index (χ4n) is 1.95. The average Bonchev–Trinajstić information content (AvgIpc) is 3.05. The summed E-state index contributed by atoms with van der Waals surface area (Å²) in [4.78, 5) is 0. The van der Waals surface area contributed by atoms with Crippen LogP contribution in [0.4, 0.5) is 0 Å². The van der Waals surface area contributed by atoms with Crippen molar-refractivity contribution >= 4 is 0 Å². The second kappa shape index (κ2) is 5.38. The van der Waals surface area contributed by atoms with Gasteiger partial charge in [-0.25, -0.2) is 4.63 Å². The molecule has 1 N–H and O–H groups in total. The molecule has 0 amide bonds. The molecule has 0 unspecified atom stereocenters. The third-order valence-electron chi connectivity index (χ3n) is 3.03. The van der Waals surface area contributed by atoms with Gasteiger partial charge in [0.1, 0.15) is 23.7 Å². The molecule has 7 nitrogen and oxygen atoms in total. The van der Waals surface area contributed by atoms with E-state index in [-0.39, 0.29) is 6.79 Å². The molecule has 1 aliphatic rings. The molecule has 106 valence electrons. The van der Waals surface area contributed by atoms with Crippen molar-refractivity contribution in [2.24, 2.45) is 0 Å². The van der Waals surface area contributed by atoms with E-state index in [1.165, 1.54) is 0 Å². The zero-order chi connectivity index (χ0) is 13.9. The maximum atomic E-state index is 5.80. The maximum absolute atomic E-state index is 5.80. The van der Waals surface area contributed by atoms with Crippen LogP contribution in [0, 0.1) is 6.92 Å². The zero-order valence-electron chi connectivity index (χ0n) is 11.3. The first-order chi connectivity index (χ1) is 9.78. The first kappa shape index (κ1) is 12.7. The minimum atomic E-state index is 0.240. The number of aromatic nitrogens is 2. The molecule has 0 saturated heterocycles. The molecule has 0 bridgehead atoms. The third kappa shape index (κ3) is 2.39. The van der Waals surface area contributed by atoms with Crippen molar-refractivity contribution in [1.82, 2.24) is 15.6 Å². The molecule has 1 aromatic heterocycles. The molecule has 3 rings (SSSR count). The van der Waals surface area contributed by atoms with Gasteiger partial charge in [-0.1, -0.05) is 10.3 Å². The summed E-state index contributed by atoms with van der Waals surface area (Å²) < 4.78 is 21.2. The van der Waals surface area contributed by atoms with Crippen LogP contribution >= 0.6 is 0 Å². The Kier molecular flexibility index (Phi) is 3.42. The highest BCUT2D eigenvalue weighted by molar-refractivity contribution is 5.51. The van der Waals surface area contributed by atoms with Gasteiger partial charge in [0.15, 0.2) is 11.5 Å². The molecule has 20 heavy (non-hydrogen) atoms. The van der Waals surface area contributed by atoms with Crippen molar-refractivity contribution in [2.45, 2.75) is 20.1 Å². The number of fused-ring (bicyclic) bond motifs is 1. The fourth-order valence-corrected chi connectivity index (χ4v) is 1.95. The molecular formula is C13H15N3O4. The second-order valence-electron chi connectivity index (χ2n) is 4.43. The lowest BCUT2D eigenvalue weighted by Gasteiger charge is -2.11. The SMILES string of the molecule is CNCc1cc2c(cc1OCc1nonc1C)OCO2. The van der Waals surface area contributed by atoms with E-state index in [0.29, 0.717) is 24.6 Å². The van der Waals surface area contributed by atoms with Crippen LogP contribution in [0.15, 0.2) is 16.8 Å². The summed E-state index contributed by atoms with van der Waals surface area (Å²) in [6.07, 6.45) is 0. The summed E-state index contributed by atoms with van der Waals surface area (Å²) in [5.41, 5.74) is 2.39. The molecule has 7 heteroatoms. The molecular weight excluding hydrogens is 262 g/mol. The molecule has 0 spiro atoms. The topological polar surface area (TPSA) is 78.6 Å². The van der Waals surface area contributed by atoms with E-state index >= 15 is 0 Å². The van der Waals surface area contributed by atoms with Gasteiger partial charge in [-0.2, -0.15) is 0 Å². The Labute approximate surface area is 115 Å². The quantitative estimate of drug-likeness (QED) is 0.885. The predicted molar refractivity (Wildman–Crippen MR) is 68.7 cm³/mol. The monoisotopic (exact) mass is 277 g/mol. The van der Waals surface area contributed by atoms with Gasteiger partial charge in [0.25, 0.3) is 0 Å². The highest BCUT2D eigenvalue weighted by Gasteiger charge is 2.18. The molecule has 0 radical (unpaired) electrons. The average molecular weight is 277 g/mol. The molecule has 0 fully saturated rings. The van der Waals surface area contributed by atoms with Gasteiger partial charge in [-0.05, 0) is 20.0 Å². The summed E-state index contributed by atoms with van der Waals surface area (Å²) in [5, 5.41) is 10.6. The molecule has 2 aromatic rings. The van der Waals surface area contributed by atoms with E-state index in [2.05, 4.69) is 20.3 Å². The molecule has 0 atom stereocenters. The van der Waals surface area contributed by atoms with Gasteiger partial charge < -0.3 is 19.5 Å². The predicted octanol–water partition coefficient (Wildman–Crippen LogP) is 1.41. The lowest BCUT2D eigenvalue weighted by molar-refractivity contribution is 0.173. The van der Waals surface area contributed by atoms with Crippen LogP contribution in [0.1, 0.15) is 17.0 Å². The van der Waals surface area contributed by atoms with E-state index in [9.17, 15) is 0 Å². The van der Waals surface area contributed by atoms with Crippen molar-refractivity contribution in [1.29, 1.82) is 0 Å². The van der Waals surface area contributed by atoms with Crippen LogP contribution in [0.5, 0.6) is 17.2 Å². The molecule has 0 saturated carbocycles. The smallest absolute Gasteiger partial charge is 0.231 e. The highest BCUT2D eigenvalue weighted by atomic mass is 16.7. The number of hydrogen-bond donors (Lipinski definition) is 1. The summed E-state index contributed by atoms with van der Waals surface area (Å²) in [7, 11) is 1.88. The number of hydrogen-bond acceptors (Lipinski definition) is 7. The van der Waals surface area contributed by atoms with Crippen molar-refractivity contribution in [3.63, 3.8) is 0 Å². The number of nitrogens with zero attached hydrogens (tertiary/aromatic N) is 2. The Morgan fingerprint density at radius 1 is 1.25 bits per heavy atom. The van der Waals surface area contributed by atoms with Crippen LogP contribution in [-0.4, -0.2) is 24.2 Å². The summed E-state index contributed by atoms with van der Waals surface area (Å²) in [5.74, 6) is 2.16. The van der Waals surface area contributed by atoms with Gasteiger partial charge in [0.2, 0.25) is 6.79 Å². The van der Waals surface area contributed by atoms with Crippen LogP contribution in [0.2, 0.25) is 0 Å².